The average molecular weight is 477 g/mol. The molecule has 1 aromatic heterocycles. The van der Waals surface area contributed by atoms with Gasteiger partial charge in [-0.15, -0.1) is 0 Å². The predicted molar refractivity (Wildman–Crippen MR) is 136 cm³/mol. The molecule has 0 unspecified atom stereocenters. The first-order valence-electron chi connectivity index (χ1n) is 11.5. The van der Waals surface area contributed by atoms with Crippen LogP contribution in [0.3, 0.4) is 0 Å². The summed E-state index contributed by atoms with van der Waals surface area (Å²) in [6, 6.07) is 12.2. The number of benzene rings is 2. The third kappa shape index (κ3) is 6.13. The molecule has 0 atom stereocenters. The summed E-state index contributed by atoms with van der Waals surface area (Å²) in [5, 5.41) is 5.83. The van der Waals surface area contributed by atoms with Crippen molar-refractivity contribution in [3.63, 3.8) is 0 Å². The number of carbonyl (C=O) groups excluding carboxylic acids is 1. The van der Waals surface area contributed by atoms with Gasteiger partial charge in [-0.2, -0.15) is 4.98 Å². The highest BCUT2D eigenvalue weighted by Gasteiger charge is 2.15. The van der Waals surface area contributed by atoms with E-state index in [0.29, 0.717) is 23.6 Å². The maximum atomic E-state index is 14.4. The molecule has 35 heavy (non-hydrogen) atoms. The summed E-state index contributed by atoms with van der Waals surface area (Å²) in [6.45, 7) is 9.43. The van der Waals surface area contributed by atoms with Crippen molar-refractivity contribution < 1.29 is 13.9 Å². The lowest BCUT2D eigenvalue weighted by atomic mass is 10.2. The molecule has 0 aliphatic carbocycles. The highest BCUT2D eigenvalue weighted by Crippen LogP contribution is 2.30. The molecule has 2 N–H and O–H groups in total. The summed E-state index contributed by atoms with van der Waals surface area (Å²) >= 11 is 0. The normalized spacial score (nSPS) is 13.9. The lowest BCUT2D eigenvalue weighted by Gasteiger charge is -2.34. The van der Waals surface area contributed by atoms with Gasteiger partial charge in [0.15, 0.2) is 17.4 Å². The highest BCUT2D eigenvalue weighted by molar-refractivity contribution is 5.98. The molecular weight excluding hydrogens is 447 g/mol. The molecule has 1 aliphatic rings. The number of hydrogen-bond acceptors (Lipinski definition) is 7. The van der Waals surface area contributed by atoms with E-state index in [9.17, 15) is 9.18 Å². The number of aryl methyl sites for hydroxylation is 1. The SMILES string of the molecule is C=CC(=O)Nc1ccc(F)c(Oc2nc(Nc3ccc(N4CCN(C)CC4)cc3)cnc2CC)c1. The van der Waals surface area contributed by atoms with Gasteiger partial charge in [0.2, 0.25) is 11.8 Å². The Balaban J connectivity index is 1.50. The van der Waals surface area contributed by atoms with Gasteiger partial charge in [0, 0.05) is 49.3 Å². The molecule has 0 radical (unpaired) electrons. The molecule has 2 aromatic carbocycles. The summed E-state index contributed by atoms with van der Waals surface area (Å²) in [7, 11) is 2.14. The molecule has 1 amide bonds. The van der Waals surface area contributed by atoms with Crippen molar-refractivity contribution in [3.8, 4) is 11.6 Å². The van der Waals surface area contributed by atoms with Crippen LogP contribution in [0.2, 0.25) is 0 Å². The number of hydrogen-bond donors (Lipinski definition) is 2. The minimum absolute atomic E-state index is 0.0652. The van der Waals surface area contributed by atoms with Crippen LogP contribution >= 0.6 is 0 Å². The van der Waals surface area contributed by atoms with E-state index < -0.39 is 11.7 Å². The summed E-state index contributed by atoms with van der Waals surface area (Å²) < 4.78 is 20.2. The molecule has 0 bridgehead atoms. The fourth-order valence-electron chi connectivity index (χ4n) is 3.71. The van der Waals surface area contributed by atoms with Gasteiger partial charge < -0.3 is 25.2 Å². The van der Waals surface area contributed by atoms with E-state index >= 15 is 0 Å². The van der Waals surface area contributed by atoms with Crippen LogP contribution in [0.5, 0.6) is 11.6 Å². The van der Waals surface area contributed by atoms with E-state index in [-0.39, 0.29) is 11.6 Å². The van der Waals surface area contributed by atoms with E-state index in [1.165, 1.54) is 23.9 Å². The smallest absolute Gasteiger partial charge is 0.247 e. The zero-order valence-corrected chi connectivity index (χ0v) is 19.9. The third-order valence-corrected chi connectivity index (χ3v) is 5.75. The van der Waals surface area contributed by atoms with Crippen LogP contribution < -0.4 is 20.3 Å². The van der Waals surface area contributed by atoms with Crippen molar-refractivity contribution in [1.29, 1.82) is 0 Å². The quantitative estimate of drug-likeness (QED) is 0.460. The second kappa shape index (κ2) is 11.0. The van der Waals surface area contributed by atoms with E-state index in [1.807, 2.05) is 19.1 Å². The van der Waals surface area contributed by atoms with Crippen LogP contribution in [0.25, 0.3) is 0 Å². The number of anilines is 4. The highest BCUT2D eigenvalue weighted by atomic mass is 19.1. The zero-order chi connectivity index (χ0) is 24.8. The van der Waals surface area contributed by atoms with Gasteiger partial charge in [-0.3, -0.25) is 9.78 Å². The molecule has 0 spiro atoms. The number of nitrogens with one attached hydrogen (secondary N) is 2. The summed E-state index contributed by atoms with van der Waals surface area (Å²) in [4.78, 5) is 25.2. The van der Waals surface area contributed by atoms with Crippen molar-refractivity contribution in [3.05, 3.63) is 72.8 Å². The van der Waals surface area contributed by atoms with E-state index in [4.69, 9.17) is 4.74 Å². The second-order valence-corrected chi connectivity index (χ2v) is 8.26. The van der Waals surface area contributed by atoms with Crippen molar-refractivity contribution in [2.75, 3.05) is 48.8 Å². The Hall–Kier alpha value is -3.98. The predicted octanol–water partition coefficient (Wildman–Crippen LogP) is 4.59. The molecule has 182 valence electrons. The number of rotatable bonds is 8. The van der Waals surface area contributed by atoms with Crippen LogP contribution in [-0.2, 0) is 11.2 Å². The molecule has 0 saturated carbocycles. The van der Waals surface area contributed by atoms with Crippen molar-refractivity contribution >= 4 is 28.8 Å². The first kappa shape index (κ1) is 24.2. The van der Waals surface area contributed by atoms with Crippen LogP contribution in [0.4, 0.5) is 27.3 Å². The topological polar surface area (TPSA) is 82.6 Å². The third-order valence-electron chi connectivity index (χ3n) is 5.75. The van der Waals surface area contributed by atoms with Gasteiger partial charge in [-0.1, -0.05) is 13.5 Å². The van der Waals surface area contributed by atoms with Gasteiger partial charge in [0.05, 0.1) is 6.20 Å². The van der Waals surface area contributed by atoms with Crippen LogP contribution in [0.15, 0.2) is 61.3 Å². The van der Waals surface area contributed by atoms with E-state index in [0.717, 1.165) is 37.9 Å². The van der Waals surface area contributed by atoms with E-state index in [2.05, 4.69) is 56.2 Å². The standard InChI is InChI=1S/C26H29FN6O2/c1-4-22-26(35-23-16-19(8-11-21(23)27)30-25(34)5-2)31-24(17-28-22)29-18-6-9-20(10-7-18)33-14-12-32(3)13-15-33/h5-11,16-17H,2,4,12-15H2,1,3H3,(H,29,31)(H,30,34). The van der Waals surface area contributed by atoms with Crippen molar-refractivity contribution in [2.45, 2.75) is 13.3 Å². The number of amides is 1. The van der Waals surface area contributed by atoms with E-state index in [1.54, 1.807) is 6.20 Å². The van der Waals surface area contributed by atoms with Gasteiger partial charge in [-0.25, -0.2) is 4.39 Å². The Labute approximate surface area is 204 Å². The number of aromatic nitrogens is 2. The molecule has 8 nitrogen and oxygen atoms in total. The van der Waals surface area contributed by atoms with Gasteiger partial charge in [-0.05, 0) is 55.9 Å². The van der Waals surface area contributed by atoms with Crippen LogP contribution in [0.1, 0.15) is 12.6 Å². The van der Waals surface area contributed by atoms with Crippen LogP contribution in [0, 0.1) is 5.82 Å². The van der Waals surface area contributed by atoms with Crippen LogP contribution in [-0.4, -0.2) is 54.0 Å². The fourth-order valence-corrected chi connectivity index (χ4v) is 3.71. The number of likely N-dealkylation sites (N-methyl/N-ethyl adjacent to an activating group) is 1. The number of carbonyl (C=O) groups is 1. The number of ether oxygens (including phenoxy) is 1. The molecule has 1 saturated heterocycles. The largest absolute Gasteiger partial charge is 0.434 e. The Bertz CT molecular complexity index is 1190. The number of piperazine rings is 1. The first-order chi connectivity index (χ1) is 16.9. The maximum absolute atomic E-state index is 14.4. The first-order valence-corrected chi connectivity index (χ1v) is 11.5. The van der Waals surface area contributed by atoms with Crippen molar-refractivity contribution in [1.82, 2.24) is 14.9 Å². The molecular formula is C26H29FN6O2. The average Bonchev–Trinajstić information content (AvgIpc) is 2.87. The minimum atomic E-state index is -0.580. The zero-order valence-electron chi connectivity index (χ0n) is 19.9. The maximum Gasteiger partial charge on any atom is 0.247 e. The van der Waals surface area contributed by atoms with Crippen molar-refractivity contribution in [2.24, 2.45) is 0 Å². The fraction of sp³-hybridized carbons (Fsp3) is 0.269. The number of nitrogens with zero attached hydrogens (tertiary/aromatic N) is 4. The number of halogens is 1. The monoisotopic (exact) mass is 476 g/mol. The minimum Gasteiger partial charge on any atom is -0.434 e. The van der Waals surface area contributed by atoms with Gasteiger partial charge in [0.25, 0.3) is 0 Å². The Morgan fingerprint density at radius 3 is 2.54 bits per heavy atom. The molecule has 1 aliphatic heterocycles. The lowest BCUT2D eigenvalue weighted by Crippen LogP contribution is -2.44. The molecule has 4 rings (SSSR count). The summed E-state index contributed by atoms with van der Waals surface area (Å²) in [5.74, 6) is -0.381. The summed E-state index contributed by atoms with van der Waals surface area (Å²) in [5.41, 5.74) is 3.00. The summed E-state index contributed by atoms with van der Waals surface area (Å²) in [6.07, 6.45) is 3.31. The molecule has 9 heteroatoms. The Morgan fingerprint density at radius 2 is 1.86 bits per heavy atom. The molecule has 2 heterocycles. The van der Waals surface area contributed by atoms with Gasteiger partial charge >= 0.3 is 0 Å². The molecule has 1 fully saturated rings. The Kier molecular flexibility index (Phi) is 7.57. The molecule has 3 aromatic rings. The Morgan fingerprint density at radius 1 is 1.14 bits per heavy atom. The lowest BCUT2D eigenvalue weighted by molar-refractivity contribution is -0.111. The van der Waals surface area contributed by atoms with Gasteiger partial charge in [0.1, 0.15) is 5.69 Å². The second-order valence-electron chi connectivity index (χ2n) is 8.26.